The van der Waals surface area contributed by atoms with Gasteiger partial charge < -0.3 is 24.1 Å². The average molecular weight is 519 g/mol. The molecule has 198 valence electrons. The number of carbonyl (C=O) groups excluding carboxylic acids is 1. The van der Waals surface area contributed by atoms with Crippen molar-refractivity contribution in [3.8, 4) is 0 Å². The molecule has 6 rings (SSSR count). The molecule has 4 bridgehead atoms. The van der Waals surface area contributed by atoms with Gasteiger partial charge in [-0.15, -0.1) is 11.6 Å². The molecule has 4 aliphatic carbocycles. The smallest absolute Gasteiger partial charge is 0.315 e. The van der Waals surface area contributed by atoms with E-state index in [0.717, 1.165) is 17.4 Å². The first-order chi connectivity index (χ1) is 17.0. The molecule has 7 heteroatoms. The van der Waals surface area contributed by atoms with Crippen molar-refractivity contribution in [2.45, 2.75) is 77.3 Å². The highest BCUT2D eigenvalue weighted by Crippen LogP contribution is 2.82. The van der Waals surface area contributed by atoms with E-state index in [0.29, 0.717) is 32.3 Å². The fraction of sp³-hybridized carbons (Fsp3) is 0.793. The van der Waals surface area contributed by atoms with Crippen LogP contribution >= 0.6 is 11.6 Å². The van der Waals surface area contributed by atoms with Crippen LogP contribution in [0.1, 0.15) is 53.4 Å². The van der Waals surface area contributed by atoms with Crippen LogP contribution in [0, 0.1) is 51.8 Å². The highest BCUT2D eigenvalue weighted by atomic mass is 35.5. The first-order valence-electron chi connectivity index (χ1n) is 13.7. The van der Waals surface area contributed by atoms with Gasteiger partial charge in [0, 0.05) is 23.1 Å². The van der Waals surface area contributed by atoms with Crippen LogP contribution in [-0.4, -0.2) is 54.5 Å². The van der Waals surface area contributed by atoms with Crippen molar-refractivity contribution in [3.63, 3.8) is 0 Å². The molecule has 2 aliphatic heterocycles. The topological polar surface area (TPSA) is 82.1 Å². The van der Waals surface area contributed by atoms with Gasteiger partial charge in [0.05, 0.1) is 30.8 Å². The zero-order valence-corrected chi connectivity index (χ0v) is 22.5. The van der Waals surface area contributed by atoms with Gasteiger partial charge in [-0.05, 0) is 61.3 Å². The van der Waals surface area contributed by atoms with Gasteiger partial charge in [0.15, 0.2) is 6.29 Å². The Balaban J connectivity index is 1.40. The van der Waals surface area contributed by atoms with Crippen LogP contribution in [0.4, 0.5) is 0 Å². The summed E-state index contributed by atoms with van der Waals surface area (Å²) >= 11 is 6.80. The maximum atomic E-state index is 13.6. The Hall–Kier alpha value is -1.21. The number of hydrogen-bond acceptors (Lipinski definition) is 5. The molecule has 0 radical (unpaired) electrons. The summed E-state index contributed by atoms with van der Waals surface area (Å²) in [5.74, 6) is -0.262. The molecule has 2 heterocycles. The number of carboxylic acid groups (broad SMARTS) is 1. The van der Waals surface area contributed by atoms with Gasteiger partial charge in [0.25, 0.3) is 0 Å². The predicted molar refractivity (Wildman–Crippen MR) is 134 cm³/mol. The fourth-order valence-electron chi connectivity index (χ4n) is 9.92. The first-order valence-corrected chi connectivity index (χ1v) is 14.1. The van der Waals surface area contributed by atoms with Crippen molar-refractivity contribution in [1.82, 2.24) is 0 Å². The van der Waals surface area contributed by atoms with Crippen LogP contribution < -0.4 is 0 Å². The molecule has 1 N–H and O–H groups in total. The first kappa shape index (κ1) is 25.1. The van der Waals surface area contributed by atoms with Crippen LogP contribution in [0.3, 0.4) is 0 Å². The van der Waals surface area contributed by atoms with Gasteiger partial charge in [-0.1, -0.05) is 39.0 Å². The van der Waals surface area contributed by atoms with E-state index in [1.54, 1.807) is 0 Å². The van der Waals surface area contributed by atoms with Gasteiger partial charge >= 0.3 is 5.97 Å². The van der Waals surface area contributed by atoms with E-state index in [9.17, 15) is 14.7 Å². The van der Waals surface area contributed by atoms with Gasteiger partial charge in [-0.25, -0.2) is 0 Å². The molecule has 6 nitrogen and oxygen atoms in total. The second kappa shape index (κ2) is 8.14. The van der Waals surface area contributed by atoms with Crippen LogP contribution in [-0.2, 0) is 23.8 Å². The van der Waals surface area contributed by atoms with Gasteiger partial charge in [0.2, 0.25) is 0 Å². The number of aliphatic carboxylic acids is 1. The summed E-state index contributed by atoms with van der Waals surface area (Å²) in [6.45, 7) is 13.3. The summed E-state index contributed by atoms with van der Waals surface area (Å²) in [5.41, 5.74) is -0.946. The normalized spacial score (nSPS) is 52.9. The summed E-state index contributed by atoms with van der Waals surface area (Å²) in [5, 5.41) is 11.1. The lowest BCUT2D eigenvalue weighted by atomic mass is 9.43. The Bertz CT molecular complexity index is 1020. The number of ether oxygens (including phenoxy) is 3. The summed E-state index contributed by atoms with van der Waals surface area (Å²) in [7, 11) is 0. The Labute approximate surface area is 218 Å². The molecule has 0 aromatic rings. The molecule has 6 aliphatic rings. The second-order valence-corrected chi connectivity index (χ2v) is 13.5. The minimum atomic E-state index is -1.27. The van der Waals surface area contributed by atoms with Crippen LogP contribution in [0.25, 0.3) is 0 Å². The number of aldehydes is 1. The standard InChI is InChI=1S/C29H39ClO6/c1-14(2)21-6-18-9-27(12-31)22-8-23(30)16(4)20(22)10-28(18,29(21,27)26(32)33)13-35-24-7-19-15(3)11-34-25(19)17(5)36-24/h6,12,14,16-20,22-25H,3,7-11,13H2,1-2,4-5H3,(H,32,33)/t16-,17?,18+,19?,20?,22?,23+,24?,25?,27-,28?,29+/m0/s1. The maximum absolute atomic E-state index is 13.6. The van der Waals surface area contributed by atoms with Crippen molar-refractivity contribution in [3.05, 3.63) is 23.8 Å². The molecular formula is C29H39ClO6. The number of allylic oxidation sites excluding steroid dienone is 1. The summed E-state index contributed by atoms with van der Waals surface area (Å²) in [6, 6.07) is 0. The fourth-order valence-corrected chi connectivity index (χ4v) is 10.3. The van der Waals surface area contributed by atoms with E-state index < -0.39 is 28.5 Å². The van der Waals surface area contributed by atoms with Crippen molar-refractivity contribution in [1.29, 1.82) is 0 Å². The summed E-state index contributed by atoms with van der Waals surface area (Å²) in [4.78, 5) is 26.8. The molecular weight excluding hydrogens is 480 g/mol. The predicted octanol–water partition coefficient (Wildman–Crippen LogP) is 4.85. The molecule has 12 atom stereocenters. The zero-order chi connectivity index (χ0) is 25.8. The molecule has 0 aromatic heterocycles. The van der Waals surface area contributed by atoms with Crippen molar-refractivity contribution < 1.29 is 28.9 Å². The third-order valence-corrected chi connectivity index (χ3v) is 11.9. The number of hydrogen-bond donors (Lipinski definition) is 1. The van der Waals surface area contributed by atoms with Crippen LogP contribution in [0.15, 0.2) is 23.8 Å². The molecule has 0 spiro atoms. The SMILES string of the molecule is C=C1COC2C(C)OC(OCC34CC5C(C[C@@H](Cl)[C@H]5C)[C@@]5(C=O)C[C@H]3C=C(C(C)C)[C@]45C(=O)O)CC12. The number of carboxylic acids is 1. The third-order valence-electron chi connectivity index (χ3n) is 11.4. The summed E-state index contributed by atoms with van der Waals surface area (Å²) in [6.07, 6.45) is 5.27. The molecule has 5 fully saturated rings. The molecule has 3 saturated carbocycles. The molecule has 36 heavy (non-hydrogen) atoms. The van der Waals surface area contributed by atoms with Crippen LogP contribution in [0.2, 0.25) is 0 Å². The second-order valence-electron chi connectivity index (χ2n) is 12.9. The quantitative estimate of drug-likeness (QED) is 0.307. The van der Waals surface area contributed by atoms with E-state index in [-0.39, 0.29) is 59.7 Å². The average Bonchev–Trinajstić information content (AvgIpc) is 3.49. The lowest BCUT2D eigenvalue weighted by molar-refractivity contribution is -0.248. The zero-order valence-electron chi connectivity index (χ0n) is 21.7. The lowest BCUT2D eigenvalue weighted by Gasteiger charge is -2.58. The Morgan fingerprint density at radius 3 is 2.75 bits per heavy atom. The highest BCUT2D eigenvalue weighted by molar-refractivity contribution is 6.21. The maximum Gasteiger partial charge on any atom is 0.315 e. The van der Waals surface area contributed by atoms with Gasteiger partial charge in [0.1, 0.15) is 11.7 Å². The Kier molecular flexibility index (Phi) is 5.68. The third kappa shape index (κ3) is 2.80. The molecule has 2 saturated heterocycles. The molecule has 7 unspecified atom stereocenters. The van der Waals surface area contributed by atoms with E-state index in [2.05, 4.69) is 33.4 Å². The van der Waals surface area contributed by atoms with E-state index in [1.807, 2.05) is 6.92 Å². The molecule has 0 aromatic carbocycles. The molecule has 0 amide bonds. The monoisotopic (exact) mass is 518 g/mol. The minimum absolute atomic E-state index is 0.00380. The van der Waals surface area contributed by atoms with Crippen LogP contribution in [0.5, 0.6) is 0 Å². The van der Waals surface area contributed by atoms with Gasteiger partial charge in [-0.2, -0.15) is 0 Å². The minimum Gasteiger partial charge on any atom is -0.481 e. The number of fused-ring (bicyclic) bond motifs is 3. The van der Waals surface area contributed by atoms with Crippen molar-refractivity contribution >= 4 is 23.9 Å². The van der Waals surface area contributed by atoms with Crippen molar-refractivity contribution in [2.75, 3.05) is 13.2 Å². The number of rotatable bonds is 6. The largest absolute Gasteiger partial charge is 0.481 e. The number of carbonyl (C=O) groups is 2. The van der Waals surface area contributed by atoms with Crippen molar-refractivity contribution in [2.24, 2.45) is 51.8 Å². The van der Waals surface area contributed by atoms with Gasteiger partial charge in [-0.3, -0.25) is 4.79 Å². The summed E-state index contributed by atoms with van der Waals surface area (Å²) < 4.78 is 18.7. The Morgan fingerprint density at radius 2 is 2.08 bits per heavy atom. The van der Waals surface area contributed by atoms with E-state index in [4.69, 9.17) is 25.8 Å². The highest BCUT2D eigenvalue weighted by Gasteiger charge is 2.84. The Morgan fingerprint density at radius 1 is 1.33 bits per heavy atom. The van der Waals surface area contributed by atoms with E-state index >= 15 is 0 Å². The number of alkyl halides is 1. The number of halogens is 1. The lowest BCUT2D eigenvalue weighted by Crippen LogP contribution is -2.63. The van der Waals surface area contributed by atoms with E-state index in [1.165, 1.54) is 0 Å².